The van der Waals surface area contributed by atoms with E-state index in [9.17, 15) is 0 Å². The number of benzene rings is 1. The minimum atomic E-state index is 0.640. The van der Waals surface area contributed by atoms with Crippen LogP contribution in [-0.2, 0) is 0 Å². The second-order valence-electron chi connectivity index (χ2n) is 1.89. The van der Waals surface area contributed by atoms with Gasteiger partial charge >= 0.3 is 0 Å². The molecule has 44 valence electrons. The van der Waals surface area contributed by atoms with Gasteiger partial charge < -0.3 is 11.5 Å². The van der Waals surface area contributed by atoms with E-state index >= 15 is 0 Å². The first-order valence-corrected chi connectivity index (χ1v) is 3.18. The molecule has 0 bridgehead atoms. The largest absolute Gasteiger partial charge is 0.397 e. The first kappa shape index (κ1) is 6.47. The zero-order valence-electron chi connectivity index (χ0n) is 4.96. The van der Waals surface area contributed by atoms with Gasteiger partial charge in [-0.1, -0.05) is 12.1 Å². The van der Waals surface area contributed by atoms with Gasteiger partial charge in [0.15, 0.2) is 16.3 Å². The number of rotatable bonds is 0. The summed E-state index contributed by atoms with van der Waals surface area (Å²) in [6.07, 6.45) is 0. The van der Waals surface area contributed by atoms with Crippen molar-refractivity contribution in [3.63, 3.8) is 0 Å². The zero-order chi connectivity index (χ0) is 6.85. The van der Waals surface area contributed by atoms with Gasteiger partial charge in [-0.15, -0.1) is 4.43 Å². The molecule has 2 radical (unpaired) electrons. The zero-order valence-corrected chi connectivity index (χ0v) is 6.12. The van der Waals surface area contributed by atoms with Crippen LogP contribution in [-0.4, -0.2) is 16.3 Å². The average molecular weight is 134 g/mol. The van der Waals surface area contributed by atoms with Crippen molar-refractivity contribution in [2.24, 2.45) is 0 Å². The SMILES string of the molecule is Nc1cc[c]([Al])cc1N. The standard InChI is InChI=1S/C6H7N2.Al/c7-5-3-1-2-4-6(5)8;/h1,3-4H,7-8H2;. The minimum absolute atomic E-state index is 0.640. The molecule has 9 heavy (non-hydrogen) atoms. The van der Waals surface area contributed by atoms with Gasteiger partial charge in [-0.2, -0.15) is 0 Å². The van der Waals surface area contributed by atoms with Crippen molar-refractivity contribution < 1.29 is 0 Å². The van der Waals surface area contributed by atoms with Crippen LogP contribution in [0.2, 0.25) is 0 Å². The van der Waals surface area contributed by atoms with Gasteiger partial charge in [0.05, 0.1) is 11.4 Å². The fourth-order valence-electron chi connectivity index (χ4n) is 0.593. The molecule has 0 aliphatic carbocycles. The van der Waals surface area contributed by atoms with Crippen LogP contribution in [0.4, 0.5) is 11.4 Å². The molecule has 0 spiro atoms. The second-order valence-corrected chi connectivity index (χ2v) is 2.56. The fraction of sp³-hybridized carbons (Fsp3) is 0. The fourth-order valence-corrected chi connectivity index (χ4v) is 0.869. The molecule has 2 nitrogen and oxygen atoms in total. The van der Waals surface area contributed by atoms with E-state index in [1.165, 1.54) is 0 Å². The van der Waals surface area contributed by atoms with E-state index in [1.54, 1.807) is 6.07 Å². The lowest BCUT2D eigenvalue weighted by Gasteiger charge is -1.99. The molecule has 1 rings (SSSR count). The monoisotopic (exact) mass is 134 g/mol. The van der Waals surface area contributed by atoms with Gasteiger partial charge in [0.2, 0.25) is 0 Å². The number of nitrogen functional groups attached to an aromatic ring is 2. The van der Waals surface area contributed by atoms with Crippen molar-refractivity contribution in [2.75, 3.05) is 11.5 Å². The van der Waals surface area contributed by atoms with Crippen LogP contribution in [0.5, 0.6) is 0 Å². The summed E-state index contributed by atoms with van der Waals surface area (Å²) in [5, 5.41) is 0. The Hall–Kier alpha value is -0.648. The van der Waals surface area contributed by atoms with Gasteiger partial charge in [-0.25, -0.2) is 0 Å². The Labute approximate surface area is 62.3 Å². The lowest BCUT2D eigenvalue weighted by Crippen LogP contribution is -2.05. The molecule has 0 aliphatic rings. The number of nitrogens with two attached hydrogens (primary N) is 2. The second kappa shape index (κ2) is 2.30. The number of anilines is 2. The topological polar surface area (TPSA) is 52.0 Å². The third kappa shape index (κ3) is 1.38. The van der Waals surface area contributed by atoms with E-state index in [2.05, 4.69) is 16.3 Å². The first-order chi connectivity index (χ1) is 4.20. The van der Waals surface area contributed by atoms with Crippen molar-refractivity contribution in [3.05, 3.63) is 18.2 Å². The summed E-state index contributed by atoms with van der Waals surface area (Å²) < 4.78 is 1.06. The Kier molecular flexibility index (Phi) is 1.66. The highest BCUT2D eigenvalue weighted by Gasteiger charge is 1.89. The van der Waals surface area contributed by atoms with E-state index < -0.39 is 0 Å². The van der Waals surface area contributed by atoms with Crippen LogP contribution < -0.4 is 15.9 Å². The number of hydrogen-bond acceptors (Lipinski definition) is 2. The molecule has 0 atom stereocenters. The quantitative estimate of drug-likeness (QED) is 0.376. The summed E-state index contributed by atoms with van der Waals surface area (Å²) >= 11 is 2.55. The minimum Gasteiger partial charge on any atom is -0.397 e. The highest BCUT2D eigenvalue weighted by atomic mass is 27.0. The predicted molar refractivity (Wildman–Crippen MR) is 40.7 cm³/mol. The van der Waals surface area contributed by atoms with E-state index in [0.29, 0.717) is 11.4 Å². The first-order valence-electron chi connectivity index (χ1n) is 2.60. The van der Waals surface area contributed by atoms with Crippen molar-refractivity contribution in [1.82, 2.24) is 0 Å². The van der Waals surface area contributed by atoms with Crippen molar-refractivity contribution in [3.8, 4) is 0 Å². The van der Waals surface area contributed by atoms with E-state index in [0.717, 1.165) is 4.43 Å². The molecule has 0 unspecified atom stereocenters. The molecule has 0 aliphatic heterocycles. The summed E-state index contributed by atoms with van der Waals surface area (Å²) in [6, 6.07) is 5.51. The van der Waals surface area contributed by atoms with Crippen LogP contribution in [0.3, 0.4) is 0 Å². The van der Waals surface area contributed by atoms with Gasteiger partial charge in [0.25, 0.3) is 0 Å². The Morgan fingerprint density at radius 3 is 2.22 bits per heavy atom. The molecule has 1 aromatic rings. The molecular formula is C6H7AlN2. The third-order valence-corrected chi connectivity index (χ3v) is 1.47. The Morgan fingerprint density at radius 2 is 1.78 bits per heavy atom. The Bertz CT molecular complexity index is 222. The summed E-state index contributed by atoms with van der Waals surface area (Å²) in [7, 11) is 0. The van der Waals surface area contributed by atoms with E-state index in [4.69, 9.17) is 11.5 Å². The van der Waals surface area contributed by atoms with Gasteiger partial charge in [-0.3, -0.25) is 0 Å². The van der Waals surface area contributed by atoms with Crippen molar-refractivity contribution >= 4 is 32.1 Å². The van der Waals surface area contributed by atoms with Crippen LogP contribution >= 0.6 is 0 Å². The molecule has 0 aromatic heterocycles. The maximum atomic E-state index is 5.48. The van der Waals surface area contributed by atoms with Gasteiger partial charge in [0.1, 0.15) is 0 Å². The van der Waals surface area contributed by atoms with Gasteiger partial charge in [-0.05, 0) is 6.07 Å². The molecule has 3 heteroatoms. The van der Waals surface area contributed by atoms with Crippen LogP contribution in [0.25, 0.3) is 0 Å². The molecule has 0 fully saturated rings. The number of hydrogen-bond donors (Lipinski definition) is 2. The van der Waals surface area contributed by atoms with E-state index in [1.807, 2.05) is 12.1 Å². The molecular weight excluding hydrogens is 127 g/mol. The van der Waals surface area contributed by atoms with Crippen LogP contribution in [0.1, 0.15) is 0 Å². The van der Waals surface area contributed by atoms with Crippen molar-refractivity contribution in [1.29, 1.82) is 0 Å². The summed E-state index contributed by atoms with van der Waals surface area (Å²) in [5.74, 6) is 0. The summed E-state index contributed by atoms with van der Waals surface area (Å²) in [6.45, 7) is 0. The summed E-state index contributed by atoms with van der Waals surface area (Å²) in [4.78, 5) is 0. The van der Waals surface area contributed by atoms with Crippen LogP contribution in [0, 0.1) is 0 Å². The molecule has 4 N–H and O–H groups in total. The van der Waals surface area contributed by atoms with Gasteiger partial charge in [0, 0.05) is 0 Å². The maximum absolute atomic E-state index is 5.48. The van der Waals surface area contributed by atoms with Crippen LogP contribution in [0.15, 0.2) is 18.2 Å². The lowest BCUT2D eigenvalue weighted by molar-refractivity contribution is 1.70. The smallest absolute Gasteiger partial charge is 0.175 e. The van der Waals surface area contributed by atoms with E-state index in [-0.39, 0.29) is 0 Å². The highest BCUT2D eigenvalue weighted by molar-refractivity contribution is 6.32. The molecule has 0 saturated heterocycles. The maximum Gasteiger partial charge on any atom is 0.175 e. The molecule has 1 aromatic carbocycles. The Balaban J connectivity index is 3.17. The highest BCUT2D eigenvalue weighted by Crippen LogP contribution is 2.08. The summed E-state index contributed by atoms with van der Waals surface area (Å²) in [5.41, 5.74) is 12.2. The Morgan fingerprint density at radius 1 is 1.11 bits per heavy atom. The normalized spacial score (nSPS) is 9.33. The average Bonchev–Trinajstić information content (AvgIpc) is 1.80. The molecule has 0 amide bonds. The molecule has 0 saturated carbocycles. The van der Waals surface area contributed by atoms with Crippen molar-refractivity contribution in [2.45, 2.75) is 0 Å². The lowest BCUT2D eigenvalue weighted by atomic mass is 10.3. The third-order valence-electron chi connectivity index (χ3n) is 1.11. The molecule has 0 heterocycles. The predicted octanol–water partition coefficient (Wildman–Crippen LogP) is -0.355.